The topological polar surface area (TPSA) is 30.5 Å². The van der Waals surface area contributed by atoms with Gasteiger partial charge in [0.1, 0.15) is 0 Å². The summed E-state index contributed by atoms with van der Waals surface area (Å²) < 4.78 is 2.65. The van der Waals surface area contributed by atoms with Crippen molar-refractivity contribution in [2.75, 3.05) is 20.6 Å². The van der Waals surface area contributed by atoms with Gasteiger partial charge in [-0.25, -0.2) is 0 Å². The number of rotatable bonds is 8. The Morgan fingerprint density at radius 3 is 1.93 bits per heavy atom. The first-order chi connectivity index (χ1) is 7.15. The maximum absolute atomic E-state index is 3.24. The molecule has 0 amide bonds. The summed E-state index contributed by atoms with van der Waals surface area (Å²) in [5, 5.41) is 0. The molecular formula is C10H28N4Si. The van der Waals surface area contributed by atoms with E-state index in [4.69, 9.17) is 0 Å². The molecular weight excluding hydrogens is 204 g/mol. The molecule has 2 unspecified atom stereocenters. The van der Waals surface area contributed by atoms with Gasteiger partial charge in [-0.3, -0.25) is 10.9 Å². The lowest BCUT2D eigenvalue weighted by molar-refractivity contribution is 0.222. The summed E-state index contributed by atoms with van der Waals surface area (Å²) in [6, 6.07) is 1.91. The van der Waals surface area contributed by atoms with E-state index in [9.17, 15) is 0 Å². The summed E-state index contributed by atoms with van der Waals surface area (Å²) in [7, 11) is 2.89. The molecule has 0 saturated carbocycles. The Balaban J connectivity index is 4.57. The number of nitrogens with one attached hydrogen (secondary N) is 2. The summed E-state index contributed by atoms with van der Waals surface area (Å²) >= 11 is 0. The highest BCUT2D eigenvalue weighted by Crippen LogP contribution is 2.10. The van der Waals surface area contributed by atoms with Crippen LogP contribution in [0.1, 0.15) is 34.1 Å². The van der Waals surface area contributed by atoms with E-state index < -0.39 is 9.12 Å². The molecule has 0 spiro atoms. The second kappa shape index (κ2) is 8.24. The van der Waals surface area contributed by atoms with Gasteiger partial charge in [-0.15, -0.1) is 0 Å². The van der Waals surface area contributed by atoms with Gasteiger partial charge in [0, 0.05) is 6.04 Å². The fourth-order valence-electron chi connectivity index (χ4n) is 2.03. The smallest absolute Gasteiger partial charge is 0.224 e. The maximum atomic E-state index is 3.24. The molecule has 4 nitrogen and oxygen atoms in total. The van der Waals surface area contributed by atoms with Gasteiger partial charge in [0.25, 0.3) is 0 Å². The number of nitrogens with zero attached hydrogens (tertiary/aromatic N) is 2. The Morgan fingerprint density at radius 2 is 1.67 bits per heavy atom. The molecule has 0 saturated heterocycles. The van der Waals surface area contributed by atoms with E-state index in [2.05, 4.69) is 47.9 Å². The Hall–Kier alpha value is 0.0569. The van der Waals surface area contributed by atoms with Crippen molar-refractivity contribution in [2.45, 2.75) is 46.2 Å². The van der Waals surface area contributed by atoms with Gasteiger partial charge in [-0.1, -0.05) is 27.7 Å². The first-order valence-corrected chi connectivity index (χ1v) is 7.90. The average molecular weight is 232 g/mol. The Morgan fingerprint density at radius 1 is 1.13 bits per heavy atom. The van der Waals surface area contributed by atoms with E-state index in [0.717, 1.165) is 6.54 Å². The van der Waals surface area contributed by atoms with Crippen LogP contribution in [0.2, 0.25) is 6.04 Å². The van der Waals surface area contributed by atoms with Crippen LogP contribution in [0.15, 0.2) is 0 Å². The lowest BCUT2D eigenvalue weighted by atomic mass is 10.3. The van der Waals surface area contributed by atoms with Gasteiger partial charge < -0.3 is 4.57 Å². The second-order valence-electron chi connectivity index (χ2n) is 3.79. The number of hydrogen-bond donors (Lipinski definition) is 2. The molecule has 0 radical (unpaired) electrons. The molecule has 0 rings (SSSR count). The first-order valence-electron chi connectivity index (χ1n) is 6.05. The van der Waals surface area contributed by atoms with E-state index in [-0.39, 0.29) is 0 Å². The lowest BCUT2D eigenvalue weighted by Crippen LogP contribution is -2.63. The highest BCUT2D eigenvalue weighted by atomic mass is 28.3. The van der Waals surface area contributed by atoms with Crippen LogP contribution >= 0.6 is 0 Å². The molecule has 5 heteroatoms. The molecule has 92 valence electrons. The summed E-state index contributed by atoms with van der Waals surface area (Å²) in [4.78, 5) is 2.20. The fourth-order valence-corrected chi connectivity index (χ4v) is 4.97. The minimum atomic E-state index is -1.07. The molecule has 0 aliphatic rings. The molecule has 2 N–H and O–H groups in total. The minimum absolute atomic E-state index is 0.677. The molecule has 0 aromatic rings. The summed E-state index contributed by atoms with van der Waals surface area (Å²) in [6.07, 6.45) is 1.22. The van der Waals surface area contributed by atoms with Crippen LogP contribution in [0, 0.1) is 0 Å². The van der Waals surface area contributed by atoms with Crippen LogP contribution in [0.4, 0.5) is 0 Å². The van der Waals surface area contributed by atoms with Crippen LogP contribution in [0.5, 0.6) is 0 Å². The molecule has 2 atom stereocenters. The third-order valence-corrected chi connectivity index (χ3v) is 6.53. The average Bonchev–Trinajstić information content (AvgIpc) is 2.28. The Kier molecular flexibility index (Phi) is 8.27. The van der Waals surface area contributed by atoms with Crippen LogP contribution < -0.4 is 10.9 Å². The normalized spacial score (nSPS) is 16.0. The van der Waals surface area contributed by atoms with Gasteiger partial charge in [0.05, 0.1) is 0 Å². The fraction of sp³-hybridized carbons (Fsp3) is 1.00. The Bertz CT molecular complexity index is 152. The Labute approximate surface area is 96.7 Å². The zero-order valence-electron chi connectivity index (χ0n) is 11.2. The van der Waals surface area contributed by atoms with Gasteiger partial charge in [0.15, 0.2) is 0 Å². The number of hydrazine groups is 2. The van der Waals surface area contributed by atoms with Crippen molar-refractivity contribution in [1.82, 2.24) is 20.2 Å². The zero-order chi connectivity index (χ0) is 11.8. The van der Waals surface area contributed by atoms with Crippen LogP contribution in [-0.4, -0.2) is 45.2 Å². The molecule has 15 heavy (non-hydrogen) atoms. The maximum Gasteiger partial charge on any atom is 0.224 e. The number of hydrogen-bond acceptors (Lipinski definition) is 4. The molecule has 0 aromatic heterocycles. The summed E-state index contributed by atoms with van der Waals surface area (Å²) in [6.45, 7) is 10.3. The molecule has 0 aromatic carbocycles. The standard InChI is InChI=1S/C10H28N4Si/c1-7-10(4)13(8-2)15(9-3)14(11-5)12-6/h10-12,15H,7-9H2,1-6H3. The van der Waals surface area contributed by atoms with Gasteiger partial charge >= 0.3 is 0 Å². The van der Waals surface area contributed by atoms with E-state index in [1.54, 1.807) is 0 Å². The van der Waals surface area contributed by atoms with Crippen molar-refractivity contribution < 1.29 is 0 Å². The minimum Gasteiger partial charge on any atom is -0.310 e. The first kappa shape index (κ1) is 15.1. The van der Waals surface area contributed by atoms with Crippen LogP contribution in [-0.2, 0) is 0 Å². The summed E-state index contributed by atoms with van der Waals surface area (Å²) in [5.74, 6) is 0. The molecule has 0 heterocycles. The van der Waals surface area contributed by atoms with Crippen molar-refractivity contribution in [3.8, 4) is 0 Å². The van der Waals surface area contributed by atoms with E-state index in [0.29, 0.717) is 6.04 Å². The van der Waals surface area contributed by atoms with Crippen molar-refractivity contribution in [3.05, 3.63) is 0 Å². The third-order valence-electron chi connectivity index (χ3n) is 3.05. The van der Waals surface area contributed by atoms with Gasteiger partial charge in [-0.05, 0) is 33.1 Å². The van der Waals surface area contributed by atoms with Crippen molar-refractivity contribution in [1.29, 1.82) is 0 Å². The van der Waals surface area contributed by atoms with Crippen molar-refractivity contribution >= 4 is 9.12 Å². The molecule has 0 aliphatic heterocycles. The SMILES string of the molecule is CCC(C)N(CC)[SiH](CC)N(NC)NC. The molecule has 0 fully saturated rings. The van der Waals surface area contributed by atoms with Gasteiger partial charge in [0.2, 0.25) is 9.12 Å². The zero-order valence-corrected chi connectivity index (χ0v) is 12.3. The van der Waals surface area contributed by atoms with Crippen molar-refractivity contribution in [3.63, 3.8) is 0 Å². The predicted molar refractivity (Wildman–Crippen MR) is 69.7 cm³/mol. The van der Waals surface area contributed by atoms with E-state index in [1.165, 1.54) is 12.5 Å². The lowest BCUT2D eigenvalue weighted by Gasteiger charge is -2.39. The monoisotopic (exact) mass is 232 g/mol. The predicted octanol–water partition coefficient (Wildman–Crippen LogP) is 0.918. The van der Waals surface area contributed by atoms with E-state index >= 15 is 0 Å². The third kappa shape index (κ3) is 4.20. The molecule has 0 bridgehead atoms. The second-order valence-corrected chi connectivity index (χ2v) is 6.75. The molecule has 0 aliphatic carbocycles. The highest BCUT2D eigenvalue weighted by molar-refractivity contribution is 6.52. The largest absolute Gasteiger partial charge is 0.310 e. The van der Waals surface area contributed by atoms with Crippen molar-refractivity contribution in [2.24, 2.45) is 0 Å². The van der Waals surface area contributed by atoms with Gasteiger partial charge in [-0.2, -0.15) is 4.78 Å². The highest BCUT2D eigenvalue weighted by Gasteiger charge is 2.26. The van der Waals surface area contributed by atoms with Crippen LogP contribution in [0.3, 0.4) is 0 Å². The van der Waals surface area contributed by atoms with Crippen LogP contribution in [0.25, 0.3) is 0 Å². The summed E-state index contributed by atoms with van der Waals surface area (Å²) in [5.41, 5.74) is 6.48. The quantitative estimate of drug-likeness (QED) is 0.481. The van der Waals surface area contributed by atoms with E-state index in [1.807, 2.05) is 14.1 Å².